The molecule has 0 N–H and O–H groups in total. The minimum absolute atomic E-state index is 0.134. The summed E-state index contributed by atoms with van der Waals surface area (Å²) in [4.78, 5) is 21.6. The smallest absolute Gasteiger partial charge is 0.228 e. The van der Waals surface area contributed by atoms with Crippen LogP contribution < -0.4 is 9.64 Å². The molecule has 1 aliphatic heterocycles. The summed E-state index contributed by atoms with van der Waals surface area (Å²) >= 11 is 7.40. The summed E-state index contributed by atoms with van der Waals surface area (Å²) in [5.74, 6) is 0.883. The van der Waals surface area contributed by atoms with Crippen LogP contribution in [0, 0.1) is 6.92 Å². The van der Waals surface area contributed by atoms with Gasteiger partial charge in [-0.25, -0.2) is 4.98 Å². The standard InChI is InChI=1S/C23H24ClN3O2S/c1-17-4-2-3-5-21(17)26-10-12-27(13-11-26)23(28)14-19-16-30-22(25-19)15-29-20-8-6-18(24)7-9-20/h2-9,16H,10-15H2,1H3. The van der Waals surface area contributed by atoms with E-state index in [0.717, 1.165) is 42.6 Å². The average Bonchev–Trinajstić information content (AvgIpc) is 3.21. The fraction of sp³-hybridized carbons (Fsp3) is 0.304. The van der Waals surface area contributed by atoms with Gasteiger partial charge in [-0.1, -0.05) is 29.8 Å². The predicted molar refractivity (Wildman–Crippen MR) is 122 cm³/mol. The molecule has 0 bridgehead atoms. The number of carbonyl (C=O) groups is 1. The second kappa shape index (κ2) is 9.49. The van der Waals surface area contributed by atoms with Crippen LogP contribution in [0.25, 0.3) is 0 Å². The molecule has 1 saturated heterocycles. The van der Waals surface area contributed by atoms with E-state index in [9.17, 15) is 4.79 Å². The number of rotatable bonds is 6. The van der Waals surface area contributed by atoms with Gasteiger partial charge >= 0.3 is 0 Å². The van der Waals surface area contributed by atoms with Crippen molar-refractivity contribution in [2.75, 3.05) is 31.1 Å². The maximum atomic E-state index is 12.7. The Bertz CT molecular complexity index is 998. The number of halogens is 1. The highest BCUT2D eigenvalue weighted by Crippen LogP contribution is 2.22. The van der Waals surface area contributed by atoms with Crippen LogP contribution in [-0.2, 0) is 17.8 Å². The quantitative estimate of drug-likeness (QED) is 0.562. The molecule has 1 aromatic heterocycles. The number of piperazine rings is 1. The predicted octanol–water partition coefficient (Wildman–Crippen LogP) is 4.58. The molecule has 2 aromatic carbocycles. The van der Waals surface area contributed by atoms with Crippen molar-refractivity contribution in [1.82, 2.24) is 9.88 Å². The van der Waals surface area contributed by atoms with Gasteiger partial charge in [0.25, 0.3) is 0 Å². The lowest BCUT2D eigenvalue weighted by molar-refractivity contribution is -0.130. The van der Waals surface area contributed by atoms with Gasteiger partial charge < -0.3 is 14.5 Å². The van der Waals surface area contributed by atoms with Crippen molar-refractivity contribution in [3.05, 3.63) is 75.2 Å². The van der Waals surface area contributed by atoms with E-state index in [-0.39, 0.29) is 5.91 Å². The van der Waals surface area contributed by atoms with Gasteiger partial charge in [-0.15, -0.1) is 11.3 Å². The average molecular weight is 442 g/mol. The third-order valence-corrected chi connectivity index (χ3v) is 6.32. The van der Waals surface area contributed by atoms with E-state index < -0.39 is 0 Å². The van der Waals surface area contributed by atoms with Crippen LogP contribution in [0.3, 0.4) is 0 Å². The van der Waals surface area contributed by atoms with E-state index in [1.165, 1.54) is 22.6 Å². The molecular formula is C23H24ClN3O2S. The van der Waals surface area contributed by atoms with Crippen molar-refractivity contribution in [3.8, 4) is 5.75 Å². The van der Waals surface area contributed by atoms with Gasteiger partial charge in [0, 0.05) is 42.3 Å². The number of carbonyl (C=O) groups excluding carboxylic acids is 1. The first-order valence-corrected chi connectivity index (χ1v) is 11.2. The van der Waals surface area contributed by atoms with E-state index in [1.807, 2.05) is 22.4 Å². The van der Waals surface area contributed by atoms with E-state index in [1.54, 1.807) is 12.1 Å². The van der Waals surface area contributed by atoms with Gasteiger partial charge in [0.05, 0.1) is 12.1 Å². The summed E-state index contributed by atoms with van der Waals surface area (Å²) in [5, 5.41) is 3.48. The van der Waals surface area contributed by atoms with E-state index in [4.69, 9.17) is 16.3 Å². The number of aryl methyl sites for hydroxylation is 1. The van der Waals surface area contributed by atoms with Crippen LogP contribution in [-0.4, -0.2) is 42.0 Å². The molecule has 0 saturated carbocycles. The molecule has 2 heterocycles. The number of amides is 1. The zero-order valence-electron chi connectivity index (χ0n) is 16.9. The first kappa shape index (κ1) is 20.7. The van der Waals surface area contributed by atoms with Gasteiger partial charge in [0.2, 0.25) is 5.91 Å². The van der Waals surface area contributed by atoms with Crippen molar-refractivity contribution in [2.24, 2.45) is 0 Å². The van der Waals surface area contributed by atoms with Crippen molar-refractivity contribution < 1.29 is 9.53 Å². The molecule has 0 aliphatic carbocycles. The Morgan fingerprint density at radius 2 is 1.83 bits per heavy atom. The third kappa shape index (κ3) is 5.12. The highest BCUT2D eigenvalue weighted by Gasteiger charge is 2.22. The lowest BCUT2D eigenvalue weighted by Gasteiger charge is -2.36. The molecule has 30 heavy (non-hydrogen) atoms. The molecule has 1 amide bonds. The summed E-state index contributed by atoms with van der Waals surface area (Å²) < 4.78 is 5.73. The lowest BCUT2D eigenvalue weighted by atomic mass is 10.1. The topological polar surface area (TPSA) is 45.7 Å². The summed E-state index contributed by atoms with van der Waals surface area (Å²) in [6, 6.07) is 15.6. The minimum atomic E-state index is 0.134. The number of ether oxygens (including phenoxy) is 1. The van der Waals surface area contributed by atoms with Gasteiger partial charge in [-0.3, -0.25) is 4.79 Å². The zero-order valence-corrected chi connectivity index (χ0v) is 18.5. The molecule has 0 unspecified atom stereocenters. The molecule has 156 valence electrons. The molecule has 0 spiro atoms. The maximum Gasteiger partial charge on any atom is 0.228 e. The zero-order chi connectivity index (χ0) is 20.9. The number of aromatic nitrogens is 1. The first-order valence-electron chi connectivity index (χ1n) is 9.98. The number of anilines is 1. The summed E-state index contributed by atoms with van der Waals surface area (Å²) in [6.07, 6.45) is 0.335. The number of nitrogens with zero attached hydrogens (tertiary/aromatic N) is 3. The molecule has 1 fully saturated rings. The first-order chi connectivity index (χ1) is 14.6. The largest absolute Gasteiger partial charge is 0.486 e. The van der Waals surface area contributed by atoms with E-state index in [2.05, 4.69) is 41.1 Å². The fourth-order valence-corrected chi connectivity index (χ4v) is 4.39. The Labute approximate surface area is 185 Å². The van der Waals surface area contributed by atoms with Crippen molar-refractivity contribution in [1.29, 1.82) is 0 Å². The number of hydrogen-bond acceptors (Lipinski definition) is 5. The SMILES string of the molecule is Cc1ccccc1N1CCN(C(=O)Cc2csc(COc3ccc(Cl)cc3)n2)CC1. The number of para-hydroxylation sites is 1. The van der Waals surface area contributed by atoms with Gasteiger partial charge in [-0.05, 0) is 42.8 Å². The molecule has 1 aliphatic rings. The van der Waals surface area contributed by atoms with Crippen LogP contribution in [0.5, 0.6) is 5.75 Å². The second-order valence-electron chi connectivity index (χ2n) is 7.31. The van der Waals surface area contributed by atoms with Gasteiger partial charge in [-0.2, -0.15) is 0 Å². The molecule has 5 nitrogen and oxygen atoms in total. The number of thiazole rings is 1. The Morgan fingerprint density at radius 3 is 2.57 bits per heavy atom. The summed E-state index contributed by atoms with van der Waals surface area (Å²) in [6.45, 7) is 5.70. The molecule has 4 rings (SSSR count). The van der Waals surface area contributed by atoms with Gasteiger partial charge in [0.1, 0.15) is 17.4 Å². The van der Waals surface area contributed by atoms with E-state index >= 15 is 0 Å². The Kier molecular flexibility index (Phi) is 6.55. The van der Waals surface area contributed by atoms with Crippen LogP contribution in [0.2, 0.25) is 5.02 Å². The molecular weight excluding hydrogens is 418 g/mol. The van der Waals surface area contributed by atoms with E-state index in [0.29, 0.717) is 18.1 Å². The van der Waals surface area contributed by atoms with Gasteiger partial charge in [0.15, 0.2) is 0 Å². The van der Waals surface area contributed by atoms with Crippen molar-refractivity contribution in [2.45, 2.75) is 20.0 Å². The second-order valence-corrected chi connectivity index (χ2v) is 8.69. The Balaban J connectivity index is 1.26. The number of hydrogen-bond donors (Lipinski definition) is 0. The summed E-state index contributed by atoms with van der Waals surface area (Å²) in [5.41, 5.74) is 3.34. The third-order valence-electron chi connectivity index (χ3n) is 5.20. The highest BCUT2D eigenvalue weighted by molar-refractivity contribution is 7.09. The Hall–Kier alpha value is -2.57. The molecule has 0 radical (unpaired) electrons. The lowest BCUT2D eigenvalue weighted by Crippen LogP contribution is -2.49. The normalized spacial score (nSPS) is 14.1. The Morgan fingerprint density at radius 1 is 1.10 bits per heavy atom. The van der Waals surface area contributed by atoms with Crippen LogP contribution in [0.15, 0.2) is 53.9 Å². The molecule has 0 atom stereocenters. The fourth-order valence-electron chi connectivity index (χ4n) is 3.55. The van der Waals surface area contributed by atoms with Crippen molar-refractivity contribution in [3.63, 3.8) is 0 Å². The van der Waals surface area contributed by atoms with Crippen molar-refractivity contribution >= 4 is 34.5 Å². The van der Waals surface area contributed by atoms with Crippen LogP contribution in [0.4, 0.5) is 5.69 Å². The van der Waals surface area contributed by atoms with Crippen LogP contribution >= 0.6 is 22.9 Å². The van der Waals surface area contributed by atoms with Crippen LogP contribution in [0.1, 0.15) is 16.3 Å². The monoisotopic (exact) mass is 441 g/mol. The molecule has 3 aromatic rings. The minimum Gasteiger partial charge on any atom is -0.486 e. The highest BCUT2D eigenvalue weighted by atomic mass is 35.5. The molecule has 7 heteroatoms. The summed E-state index contributed by atoms with van der Waals surface area (Å²) in [7, 11) is 0. The maximum absolute atomic E-state index is 12.7. The number of benzene rings is 2.